The van der Waals surface area contributed by atoms with Crippen molar-refractivity contribution in [3.05, 3.63) is 52.3 Å². The van der Waals surface area contributed by atoms with Crippen molar-refractivity contribution in [2.24, 2.45) is 7.05 Å². The number of hydrogen-bond donors (Lipinski definition) is 1. The van der Waals surface area contributed by atoms with Gasteiger partial charge < -0.3 is 5.32 Å². The van der Waals surface area contributed by atoms with Crippen molar-refractivity contribution in [3.8, 4) is 10.6 Å². The highest BCUT2D eigenvalue weighted by Crippen LogP contribution is 2.29. The molecule has 1 N–H and O–H groups in total. The van der Waals surface area contributed by atoms with Gasteiger partial charge in [0.05, 0.1) is 39.5 Å². The average molecular weight is 395 g/mol. The molecule has 4 aromatic heterocycles. The number of carbonyl (C=O) groups excluding carboxylic acids is 1. The summed E-state index contributed by atoms with van der Waals surface area (Å²) in [5, 5.41) is 14.7. The molecule has 0 bridgehead atoms. The van der Waals surface area contributed by atoms with E-state index in [0.717, 1.165) is 33.0 Å². The topological polar surface area (TPSA) is 77.6 Å². The van der Waals surface area contributed by atoms with Gasteiger partial charge in [0.1, 0.15) is 0 Å². The van der Waals surface area contributed by atoms with Crippen molar-refractivity contribution in [1.82, 2.24) is 29.9 Å². The SMILES string of the molecule is Cc1cc(C)n(CCNC(=O)c2cc(-c3cccs3)nc3c2c(C)nn3C)n1. The Kier molecular flexibility index (Phi) is 4.72. The quantitative estimate of drug-likeness (QED) is 0.564. The van der Waals surface area contributed by atoms with Crippen molar-refractivity contribution < 1.29 is 4.79 Å². The van der Waals surface area contributed by atoms with E-state index in [1.54, 1.807) is 16.0 Å². The molecule has 8 heteroatoms. The summed E-state index contributed by atoms with van der Waals surface area (Å²) in [7, 11) is 1.85. The largest absolute Gasteiger partial charge is 0.350 e. The molecule has 144 valence electrons. The molecule has 0 saturated heterocycles. The normalized spacial score (nSPS) is 11.3. The number of hydrogen-bond acceptors (Lipinski definition) is 5. The zero-order chi connectivity index (χ0) is 19.8. The van der Waals surface area contributed by atoms with Crippen LogP contribution in [0.25, 0.3) is 21.6 Å². The fraction of sp³-hybridized carbons (Fsp3) is 0.300. The summed E-state index contributed by atoms with van der Waals surface area (Å²) < 4.78 is 3.64. The van der Waals surface area contributed by atoms with Crippen LogP contribution in [-0.4, -0.2) is 37.0 Å². The van der Waals surface area contributed by atoms with Gasteiger partial charge in [-0.25, -0.2) is 4.98 Å². The molecule has 4 heterocycles. The third-order valence-corrected chi connectivity index (χ3v) is 5.59. The van der Waals surface area contributed by atoms with Gasteiger partial charge in [0.2, 0.25) is 0 Å². The van der Waals surface area contributed by atoms with Gasteiger partial charge in [-0.05, 0) is 44.4 Å². The third kappa shape index (κ3) is 3.31. The zero-order valence-corrected chi connectivity index (χ0v) is 17.2. The summed E-state index contributed by atoms with van der Waals surface area (Å²) in [6.45, 7) is 7.01. The number of aryl methyl sites for hydroxylation is 4. The lowest BCUT2D eigenvalue weighted by atomic mass is 10.1. The van der Waals surface area contributed by atoms with E-state index in [4.69, 9.17) is 4.98 Å². The van der Waals surface area contributed by atoms with Crippen LogP contribution in [0, 0.1) is 20.8 Å². The van der Waals surface area contributed by atoms with Crippen molar-refractivity contribution >= 4 is 28.3 Å². The van der Waals surface area contributed by atoms with E-state index in [9.17, 15) is 4.79 Å². The number of thiophene rings is 1. The first-order chi connectivity index (χ1) is 13.4. The molecule has 0 fully saturated rings. The summed E-state index contributed by atoms with van der Waals surface area (Å²) in [5.74, 6) is -0.122. The lowest BCUT2D eigenvalue weighted by molar-refractivity contribution is 0.0953. The van der Waals surface area contributed by atoms with Gasteiger partial charge in [-0.2, -0.15) is 10.2 Å². The lowest BCUT2D eigenvalue weighted by Gasteiger charge is -2.09. The second-order valence-electron chi connectivity index (χ2n) is 6.85. The first kappa shape index (κ1) is 18.4. The number of amides is 1. The minimum atomic E-state index is -0.122. The second-order valence-corrected chi connectivity index (χ2v) is 7.79. The van der Waals surface area contributed by atoms with Crippen molar-refractivity contribution in [3.63, 3.8) is 0 Å². The van der Waals surface area contributed by atoms with Crippen LogP contribution < -0.4 is 5.32 Å². The Labute approximate surface area is 167 Å². The number of pyridine rings is 1. The minimum Gasteiger partial charge on any atom is -0.350 e. The van der Waals surface area contributed by atoms with Gasteiger partial charge in [0.25, 0.3) is 5.91 Å². The first-order valence-electron chi connectivity index (χ1n) is 9.11. The van der Waals surface area contributed by atoms with Crippen LogP contribution in [0.2, 0.25) is 0 Å². The van der Waals surface area contributed by atoms with Crippen LogP contribution in [-0.2, 0) is 13.6 Å². The molecule has 4 aromatic rings. The van der Waals surface area contributed by atoms with E-state index in [-0.39, 0.29) is 5.91 Å². The van der Waals surface area contributed by atoms with E-state index in [2.05, 4.69) is 15.5 Å². The Morgan fingerprint density at radius 3 is 2.71 bits per heavy atom. The van der Waals surface area contributed by atoms with Gasteiger partial charge in [0, 0.05) is 19.3 Å². The Morgan fingerprint density at radius 1 is 1.21 bits per heavy atom. The highest BCUT2D eigenvalue weighted by Gasteiger charge is 2.19. The van der Waals surface area contributed by atoms with Crippen LogP contribution in [0.3, 0.4) is 0 Å². The number of rotatable bonds is 5. The Bertz CT molecular complexity index is 1160. The van der Waals surface area contributed by atoms with Crippen LogP contribution >= 0.6 is 11.3 Å². The monoisotopic (exact) mass is 394 g/mol. The maximum absolute atomic E-state index is 13.0. The van der Waals surface area contributed by atoms with E-state index in [1.165, 1.54) is 0 Å². The van der Waals surface area contributed by atoms with Gasteiger partial charge in [-0.1, -0.05) is 6.07 Å². The van der Waals surface area contributed by atoms with Gasteiger partial charge in [-0.3, -0.25) is 14.2 Å². The van der Waals surface area contributed by atoms with Crippen LogP contribution in [0.4, 0.5) is 0 Å². The molecule has 1 amide bonds. The maximum Gasteiger partial charge on any atom is 0.252 e. The van der Waals surface area contributed by atoms with Crippen molar-refractivity contribution in [2.45, 2.75) is 27.3 Å². The number of carbonyl (C=O) groups is 1. The predicted octanol–water partition coefficient (Wildman–Crippen LogP) is 3.25. The first-order valence-corrected chi connectivity index (χ1v) is 9.99. The molecule has 0 aliphatic rings. The van der Waals surface area contributed by atoms with E-state index < -0.39 is 0 Å². The molecule has 0 aliphatic carbocycles. The molecular weight excluding hydrogens is 372 g/mol. The highest BCUT2D eigenvalue weighted by molar-refractivity contribution is 7.13. The van der Waals surface area contributed by atoms with Crippen LogP contribution in [0.1, 0.15) is 27.4 Å². The third-order valence-electron chi connectivity index (χ3n) is 4.70. The number of nitrogens with one attached hydrogen (secondary N) is 1. The molecule has 4 rings (SSSR count). The summed E-state index contributed by atoms with van der Waals surface area (Å²) in [6.07, 6.45) is 0. The fourth-order valence-corrected chi connectivity index (χ4v) is 4.13. The summed E-state index contributed by atoms with van der Waals surface area (Å²) in [4.78, 5) is 18.8. The Hall–Kier alpha value is -3.00. The summed E-state index contributed by atoms with van der Waals surface area (Å²) in [6, 6.07) is 7.88. The van der Waals surface area contributed by atoms with Gasteiger partial charge in [-0.15, -0.1) is 11.3 Å². The summed E-state index contributed by atoms with van der Waals surface area (Å²) in [5.41, 5.74) is 4.97. The van der Waals surface area contributed by atoms with Crippen LogP contribution in [0.5, 0.6) is 0 Å². The minimum absolute atomic E-state index is 0.122. The van der Waals surface area contributed by atoms with Crippen molar-refractivity contribution in [1.29, 1.82) is 0 Å². The van der Waals surface area contributed by atoms with Crippen LogP contribution in [0.15, 0.2) is 29.6 Å². The molecule has 0 unspecified atom stereocenters. The average Bonchev–Trinajstić information content (AvgIpc) is 3.36. The smallest absolute Gasteiger partial charge is 0.252 e. The molecule has 0 aliphatic heterocycles. The molecule has 0 atom stereocenters. The lowest BCUT2D eigenvalue weighted by Crippen LogP contribution is -2.28. The molecule has 0 radical (unpaired) electrons. The zero-order valence-electron chi connectivity index (χ0n) is 16.4. The van der Waals surface area contributed by atoms with Gasteiger partial charge in [0.15, 0.2) is 5.65 Å². The molecule has 0 aromatic carbocycles. The van der Waals surface area contributed by atoms with E-state index in [0.29, 0.717) is 24.3 Å². The van der Waals surface area contributed by atoms with E-state index >= 15 is 0 Å². The molecule has 0 spiro atoms. The molecule has 0 saturated carbocycles. The Morgan fingerprint density at radius 2 is 2.04 bits per heavy atom. The number of aromatic nitrogens is 5. The molecule has 7 nitrogen and oxygen atoms in total. The van der Waals surface area contributed by atoms with E-state index in [1.807, 2.05) is 62.1 Å². The molecular formula is C20H22N6OS. The van der Waals surface area contributed by atoms with Gasteiger partial charge >= 0.3 is 0 Å². The molecule has 28 heavy (non-hydrogen) atoms. The summed E-state index contributed by atoms with van der Waals surface area (Å²) >= 11 is 1.60. The number of nitrogens with zero attached hydrogens (tertiary/aromatic N) is 5. The fourth-order valence-electron chi connectivity index (χ4n) is 3.45. The Balaban J connectivity index is 1.64. The second kappa shape index (κ2) is 7.20. The van der Waals surface area contributed by atoms with Crippen molar-refractivity contribution in [2.75, 3.05) is 6.54 Å². The maximum atomic E-state index is 13.0. The highest BCUT2D eigenvalue weighted by atomic mass is 32.1. The standard InChI is InChI=1S/C20H22N6OS/c1-12-10-13(2)26(23-12)8-7-21-20(27)15-11-16(17-6-5-9-28-17)22-19-18(15)14(3)24-25(19)4/h5-6,9-11H,7-8H2,1-4H3,(H,21,27). The predicted molar refractivity (Wildman–Crippen MR) is 111 cm³/mol. The number of fused-ring (bicyclic) bond motifs is 1.